The van der Waals surface area contributed by atoms with Gasteiger partial charge in [-0.2, -0.15) is 0 Å². The lowest BCUT2D eigenvalue weighted by molar-refractivity contribution is 0.631. The number of hydrogen-bond donors (Lipinski definition) is 1. The molecule has 1 heterocycles. The molecule has 2 aromatic rings. The Hall–Kier alpha value is -0.970. The molecule has 1 N–H and O–H groups in total. The van der Waals surface area contributed by atoms with Crippen LogP contribution in [0.25, 0.3) is 10.6 Å². The van der Waals surface area contributed by atoms with Crippen molar-refractivity contribution in [2.24, 2.45) is 0 Å². The molecule has 0 unspecified atom stereocenters. The number of hydrogen-bond acceptors (Lipinski definition) is 3. The molecule has 3 rings (SSSR count). The zero-order chi connectivity index (χ0) is 14.1. The van der Waals surface area contributed by atoms with Crippen LogP contribution in [-0.4, -0.2) is 11.5 Å². The van der Waals surface area contributed by atoms with Crippen molar-refractivity contribution >= 4 is 22.9 Å². The van der Waals surface area contributed by atoms with E-state index in [0.29, 0.717) is 16.5 Å². The molecule has 0 aliphatic heterocycles. The highest BCUT2D eigenvalue weighted by Gasteiger charge is 2.30. The van der Waals surface area contributed by atoms with Crippen molar-refractivity contribution in [1.29, 1.82) is 0 Å². The Morgan fingerprint density at radius 2 is 2.25 bits per heavy atom. The van der Waals surface area contributed by atoms with Gasteiger partial charge in [0.2, 0.25) is 0 Å². The second kappa shape index (κ2) is 5.80. The van der Waals surface area contributed by atoms with Gasteiger partial charge < -0.3 is 5.32 Å². The van der Waals surface area contributed by atoms with Gasteiger partial charge >= 0.3 is 0 Å². The Morgan fingerprint density at radius 1 is 1.45 bits per heavy atom. The average Bonchev–Trinajstić information content (AvgIpc) is 3.20. The Balaban J connectivity index is 1.99. The molecule has 5 heteroatoms. The first-order valence-electron chi connectivity index (χ1n) is 6.84. The molecule has 1 saturated carbocycles. The van der Waals surface area contributed by atoms with Gasteiger partial charge in [-0.15, -0.1) is 11.3 Å². The van der Waals surface area contributed by atoms with Gasteiger partial charge in [0.1, 0.15) is 10.8 Å². The predicted molar refractivity (Wildman–Crippen MR) is 81.9 cm³/mol. The first kappa shape index (κ1) is 14.0. The first-order chi connectivity index (χ1) is 9.69. The van der Waals surface area contributed by atoms with Gasteiger partial charge in [-0.3, -0.25) is 0 Å². The average molecular weight is 311 g/mol. The Bertz CT molecular complexity index is 622. The Labute approximate surface area is 127 Å². The summed E-state index contributed by atoms with van der Waals surface area (Å²) in [6, 6.07) is 4.62. The third kappa shape index (κ3) is 2.87. The smallest absolute Gasteiger partial charge is 0.133 e. The lowest BCUT2D eigenvalue weighted by Gasteiger charge is -2.00. The van der Waals surface area contributed by atoms with Crippen LogP contribution in [0, 0.1) is 5.82 Å². The molecule has 1 aromatic carbocycles. The van der Waals surface area contributed by atoms with Crippen molar-refractivity contribution in [3.63, 3.8) is 0 Å². The van der Waals surface area contributed by atoms with Crippen molar-refractivity contribution in [2.45, 2.75) is 32.2 Å². The maximum Gasteiger partial charge on any atom is 0.133 e. The monoisotopic (exact) mass is 310 g/mol. The summed E-state index contributed by atoms with van der Waals surface area (Å²) in [6.07, 6.45) is 2.39. The fraction of sp³-hybridized carbons (Fsp3) is 0.400. The largest absolute Gasteiger partial charge is 0.312 e. The van der Waals surface area contributed by atoms with E-state index in [-0.39, 0.29) is 5.82 Å². The quantitative estimate of drug-likeness (QED) is 0.873. The molecule has 1 aliphatic carbocycles. The summed E-state index contributed by atoms with van der Waals surface area (Å²) in [4.78, 5) is 5.90. The van der Waals surface area contributed by atoms with Gasteiger partial charge in [-0.1, -0.05) is 18.5 Å². The number of nitrogens with one attached hydrogen (secondary N) is 1. The van der Waals surface area contributed by atoms with Crippen LogP contribution in [0.4, 0.5) is 4.39 Å². The fourth-order valence-corrected chi connectivity index (χ4v) is 3.49. The molecule has 0 saturated heterocycles. The minimum Gasteiger partial charge on any atom is -0.312 e. The highest BCUT2D eigenvalue weighted by atomic mass is 35.5. The number of aromatic nitrogens is 1. The Morgan fingerprint density at radius 3 is 2.95 bits per heavy atom. The summed E-state index contributed by atoms with van der Waals surface area (Å²) in [7, 11) is 0. The van der Waals surface area contributed by atoms with Gasteiger partial charge in [0.05, 0.1) is 5.69 Å². The normalized spacial score (nSPS) is 14.8. The summed E-state index contributed by atoms with van der Waals surface area (Å²) in [6.45, 7) is 3.81. The molecular formula is C15H16ClFN2S. The van der Waals surface area contributed by atoms with E-state index < -0.39 is 0 Å². The van der Waals surface area contributed by atoms with Crippen molar-refractivity contribution < 1.29 is 4.39 Å². The molecule has 1 fully saturated rings. The maximum absolute atomic E-state index is 14.0. The molecular weight excluding hydrogens is 295 g/mol. The lowest BCUT2D eigenvalue weighted by Crippen LogP contribution is -2.11. The second-order valence-electron chi connectivity index (χ2n) is 5.01. The van der Waals surface area contributed by atoms with Crippen molar-refractivity contribution in [3.05, 3.63) is 39.6 Å². The van der Waals surface area contributed by atoms with E-state index in [2.05, 4.69) is 17.2 Å². The Kier molecular flexibility index (Phi) is 4.06. The SMILES string of the molecule is CCNCc1sc(-c2cc(Cl)ccc2F)nc1C1CC1. The highest BCUT2D eigenvalue weighted by Crippen LogP contribution is 2.44. The van der Waals surface area contributed by atoms with Crippen molar-refractivity contribution in [1.82, 2.24) is 10.3 Å². The molecule has 2 nitrogen and oxygen atoms in total. The van der Waals surface area contributed by atoms with Crippen LogP contribution in [0.5, 0.6) is 0 Å². The van der Waals surface area contributed by atoms with Crippen LogP contribution in [0.3, 0.4) is 0 Å². The molecule has 0 spiro atoms. The second-order valence-corrected chi connectivity index (χ2v) is 6.53. The number of halogens is 2. The third-order valence-electron chi connectivity index (χ3n) is 3.39. The van der Waals surface area contributed by atoms with Gasteiger partial charge in [0.15, 0.2) is 0 Å². The molecule has 0 radical (unpaired) electrons. The van der Waals surface area contributed by atoms with E-state index in [9.17, 15) is 4.39 Å². The summed E-state index contributed by atoms with van der Waals surface area (Å²) in [5.74, 6) is 0.302. The molecule has 1 aromatic heterocycles. The fourth-order valence-electron chi connectivity index (χ4n) is 2.18. The zero-order valence-corrected chi connectivity index (χ0v) is 12.8. The van der Waals surface area contributed by atoms with Crippen LogP contribution >= 0.6 is 22.9 Å². The predicted octanol–water partition coefficient (Wildman–Crippen LogP) is 4.59. The van der Waals surface area contributed by atoms with Gasteiger partial charge in [-0.25, -0.2) is 9.37 Å². The lowest BCUT2D eigenvalue weighted by atomic mass is 10.2. The topological polar surface area (TPSA) is 24.9 Å². The zero-order valence-electron chi connectivity index (χ0n) is 11.2. The molecule has 0 atom stereocenters. The first-order valence-corrected chi connectivity index (χ1v) is 8.04. The minimum absolute atomic E-state index is 0.263. The third-order valence-corrected chi connectivity index (χ3v) is 4.73. The van der Waals surface area contributed by atoms with Crippen LogP contribution in [-0.2, 0) is 6.54 Å². The van der Waals surface area contributed by atoms with Crippen LogP contribution in [0.1, 0.15) is 36.3 Å². The molecule has 1 aliphatic rings. The van der Waals surface area contributed by atoms with E-state index in [1.165, 1.54) is 23.8 Å². The summed E-state index contributed by atoms with van der Waals surface area (Å²) in [5, 5.41) is 4.60. The van der Waals surface area contributed by atoms with E-state index in [0.717, 1.165) is 23.8 Å². The summed E-state index contributed by atoms with van der Waals surface area (Å²) in [5.41, 5.74) is 1.65. The van der Waals surface area contributed by atoms with Gasteiger partial charge in [-0.05, 0) is 37.6 Å². The van der Waals surface area contributed by atoms with Gasteiger partial charge in [0, 0.05) is 27.9 Å². The number of rotatable bonds is 5. The number of thiazole rings is 1. The van der Waals surface area contributed by atoms with E-state index in [4.69, 9.17) is 11.6 Å². The van der Waals surface area contributed by atoms with Crippen LogP contribution in [0.15, 0.2) is 18.2 Å². The molecule has 106 valence electrons. The van der Waals surface area contributed by atoms with Crippen molar-refractivity contribution in [2.75, 3.05) is 6.54 Å². The molecule has 0 amide bonds. The number of benzene rings is 1. The van der Waals surface area contributed by atoms with Crippen molar-refractivity contribution in [3.8, 4) is 10.6 Å². The van der Waals surface area contributed by atoms with E-state index in [1.54, 1.807) is 23.5 Å². The van der Waals surface area contributed by atoms with Crippen LogP contribution in [0.2, 0.25) is 5.02 Å². The summed E-state index contributed by atoms with van der Waals surface area (Å²) >= 11 is 7.54. The van der Waals surface area contributed by atoms with E-state index in [1.807, 2.05) is 0 Å². The molecule has 0 bridgehead atoms. The van der Waals surface area contributed by atoms with Crippen LogP contribution < -0.4 is 5.32 Å². The minimum atomic E-state index is -0.263. The summed E-state index contributed by atoms with van der Waals surface area (Å²) < 4.78 is 14.0. The maximum atomic E-state index is 14.0. The van der Waals surface area contributed by atoms with Gasteiger partial charge in [0.25, 0.3) is 0 Å². The number of nitrogens with zero attached hydrogens (tertiary/aromatic N) is 1. The molecule has 20 heavy (non-hydrogen) atoms. The highest BCUT2D eigenvalue weighted by molar-refractivity contribution is 7.15. The van der Waals surface area contributed by atoms with E-state index >= 15 is 0 Å². The standard InChI is InChI=1S/C15H16ClFN2S/c1-2-18-8-13-14(9-3-4-9)19-15(20-13)11-7-10(16)5-6-12(11)17/h5-7,9,18H,2-4,8H2,1H3.